The molecule has 2 N–H and O–H groups in total. The van der Waals surface area contributed by atoms with Crippen LogP contribution in [0, 0.1) is 11.8 Å². The largest absolute Gasteiger partial charge is 0.481 e. The molecule has 2 aliphatic rings. The van der Waals surface area contributed by atoms with Gasteiger partial charge in [0.25, 0.3) is 0 Å². The van der Waals surface area contributed by atoms with E-state index in [0.29, 0.717) is 18.1 Å². The predicted molar refractivity (Wildman–Crippen MR) is 75.9 cm³/mol. The minimum atomic E-state index is -0.896. The second-order valence-electron chi connectivity index (χ2n) is 5.53. The van der Waals surface area contributed by atoms with Gasteiger partial charge in [-0.05, 0) is 30.5 Å². The van der Waals surface area contributed by atoms with Crippen LogP contribution in [0.3, 0.4) is 0 Å². The molecule has 1 saturated carbocycles. The first-order valence-corrected chi connectivity index (χ1v) is 7.34. The number of benzene rings is 1. The molecule has 4 atom stereocenters. The summed E-state index contributed by atoms with van der Waals surface area (Å²) in [7, 11) is 0. The molecule has 1 aromatic rings. The summed E-state index contributed by atoms with van der Waals surface area (Å²) in [5.41, 5.74) is 0.966. The Hall–Kier alpha value is -1.59. The molecule has 1 aliphatic heterocycles. The van der Waals surface area contributed by atoms with Crippen molar-refractivity contribution < 1.29 is 19.4 Å². The molecule has 1 aliphatic carbocycles. The summed E-state index contributed by atoms with van der Waals surface area (Å²) in [6, 6.07) is 7.23. The van der Waals surface area contributed by atoms with Crippen molar-refractivity contribution in [3.05, 3.63) is 34.9 Å². The van der Waals surface area contributed by atoms with Crippen molar-refractivity contribution in [2.24, 2.45) is 11.8 Å². The molecule has 1 amide bonds. The Morgan fingerprint density at radius 1 is 1.24 bits per heavy atom. The normalized spacial score (nSPS) is 30.9. The molecule has 1 saturated heterocycles. The molecule has 5 nitrogen and oxygen atoms in total. The molecule has 0 unspecified atom stereocenters. The van der Waals surface area contributed by atoms with Gasteiger partial charge in [0.1, 0.15) is 6.10 Å². The Balaban J connectivity index is 1.63. The standard InChI is InChI=1S/C15H16ClNO4/c16-9-3-1-8(2-4-9)13-12(5-6-21-13)17-14(18)10-7-11(10)15(19)20/h1-4,10-13H,5-7H2,(H,17,18)(H,19,20)/t10-,11+,12+,13-/m0/s1. The Kier molecular flexibility index (Phi) is 3.87. The second-order valence-corrected chi connectivity index (χ2v) is 5.97. The molecule has 1 heterocycles. The van der Waals surface area contributed by atoms with Gasteiger partial charge in [-0.25, -0.2) is 0 Å². The van der Waals surface area contributed by atoms with Crippen LogP contribution in [0.1, 0.15) is 24.5 Å². The minimum Gasteiger partial charge on any atom is -0.481 e. The Labute approximate surface area is 127 Å². The lowest BCUT2D eigenvalue weighted by Gasteiger charge is -2.20. The number of hydrogen-bond acceptors (Lipinski definition) is 3. The van der Waals surface area contributed by atoms with E-state index < -0.39 is 17.8 Å². The molecular formula is C15H16ClNO4. The van der Waals surface area contributed by atoms with E-state index in [1.54, 1.807) is 12.1 Å². The maximum atomic E-state index is 12.1. The second kappa shape index (κ2) is 5.66. The zero-order valence-electron chi connectivity index (χ0n) is 11.3. The van der Waals surface area contributed by atoms with Gasteiger partial charge >= 0.3 is 5.97 Å². The van der Waals surface area contributed by atoms with Gasteiger partial charge in [0.2, 0.25) is 5.91 Å². The monoisotopic (exact) mass is 309 g/mol. The van der Waals surface area contributed by atoms with Crippen molar-refractivity contribution in [2.75, 3.05) is 6.61 Å². The van der Waals surface area contributed by atoms with E-state index >= 15 is 0 Å². The summed E-state index contributed by atoms with van der Waals surface area (Å²) in [5, 5.41) is 12.5. The molecule has 112 valence electrons. The fourth-order valence-corrected chi connectivity index (χ4v) is 2.89. The van der Waals surface area contributed by atoms with Gasteiger partial charge in [-0.1, -0.05) is 23.7 Å². The third-order valence-corrected chi connectivity index (χ3v) is 4.31. The van der Waals surface area contributed by atoms with Crippen molar-refractivity contribution in [1.82, 2.24) is 5.32 Å². The summed E-state index contributed by atoms with van der Waals surface area (Å²) in [6.45, 7) is 0.575. The van der Waals surface area contributed by atoms with Gasteiger partial charge in [0.05, 0.1) is 17.9 Å². The first kappa shape index (κ1) is 14.4. The maximum absolute atomic E-state index is 12.1. The summed E-state index contributed by atoms with van der Waals surface area (Å²) < 4.78 is 5.69. The van der Waals surface area contributed by atoms with Crippen molar-refractivity contribution in [2.45, 2.75) is 25.0 Å². The van der Waals surface area contributed by atoms with Crippen molar-refractivity contribution in [3.8, 4) is 0 Å². The number of ether oxygens (including phenoxy) is 1. The summed E-state index contributed by atoms with van der Waals surface area (Å²) in [6.07, 6.45) is 0.956. The molecular weight excluding hydrogens is 294 g/mol. The lowest BCUT2D eigenvalue weighted by Crippen LogP contribution is -2.38. The zero-order valence-corrected chi connectivity index (χ0v) is 12.0. The average Bonchev–Trinajstić information content (AvgIpc) is 3.15. The van der Waals surface area contributed by atoms with Gasteiger partial charge in [0, 0.05) is 11.6 Å². The smallest absolute Gasteiger partial charge is 0.307 e. The zero-order chi connectivity index (χ0) is 15.0. The maximum Gasteiger partial charge on any atom is 0.307 e. The number of carboxylic acid groups (broad SMARTS) is 1. The number of hydrogen-bond donors (Lipinski definition) is 2. The van der Waals surface area contributed by atoms with Crippen molar-refractivity contribution in [3.63, 3.8) is 0 Å². The van der Waals surface area contributed by atoms with Crippen LogP contribution in [0.5, 0.6) is 0 Å². The molecule has 6 heteroatoms. The Morgan fingerprint density at radius 3 is 2.57 bits per heavy atom. The molecule has 0 radical (unpaired) electrons. The average molecular weight is 310 g/mol. The number of carboxylic acids is 1. The number of carbonyl (C=O) groups is 2. The first-order valence-electron chi connectivity index (χ1n) is 6.96. The highest BCUT2D eigenvalue weighted by atomic mass is 35.5. The number of halogens is 1. The molecule has 0 bridgehead atoms. The fraction of sp³-hybridized carbons (Fsp3) is 0.467. The van der Waals surface area contributed by atoms with Gasteiger partial charge in [0.15, 0.2) is 0 Å². The topological polar surface area (TPSA) is 75.6 Å². The number of rotatable bonds is 4. The number of nitrogens with one attached hydrogen (secondary N) is 1. The summed E-state index contributed by atoms with van der Waals surface area (Å²) >= 11 is 5.87. The number of aliphatic carboxylic acids is 1. The van der Waals surface area contributed by atoms with Gasteiger partial charge in [-0.2, -0.15) is 0 Å². The number of amides is 1. The third-order valence-electron chi connectivity index (χ3n) is 4.06. The molecule has 2 fully saturated rings. The predicted octanol–water partition coefficient (Wildman–Crippen LogP) is 2.01. The van der Waals surface area contributed by atoms with Gasteiger partial charge < -0.3 is 15.2 Å². The van der Waals surface area contributed by atoms with E-state index in [4.69, 9.17) is 21.4 Å². The van der Waals surface area contributed by atoms with E-state index in [1.807, 2.05) is 12.1 Å². The lowest BCUT2D eigenvalue weighted by atomic mass is 10.0. The first-order chi connectivity index (χ1) is 10.1. The van der Waals surface area contributed by atoms with Crippen LogP contribution in [0.15, 0.2) is 24.3 Å². The Bertz CT molecular complexity index is 559. The highest BCUT2D eigenvalue weighted by Crippen LogP contribution is 2.39. The molecule has 0 aromatic heterocycles. The van der Waals surface area contributed by atoms with Gasteiger partial charge in [-0.3, -0.25) is 9.59 Å². The van der Waals surface area contributed by atoms with E-state index in [1.165, 1.54) is 0 Å². The van der Waals surface area contributed by atoms with E-state index in [-0.39, 0.29) is 18.1 Å². The molecule has 21 heavy (non-hydrogen) atoms. The fourth-order valence-electron chi connectivity index (χ4n) is 2.77. The molecule has 1 aromatic carbocycles. The lowest BCUT2D eigenvalue weighted by molar-refractivity contribution is -0.140. The van der Waals surface area contributed by atoms with Crippen LogP contribution in [0.2, 0.25) is 5.02 Å². The van der Waals surface area contributed by atoms with Crippen LogP contribution in [-0.2, 0) is 14.3 Å². The van der Waals surface area contributed by atoms with E-state index in [9.17, 15) is 9.59 Å². The minimum absolute atomic E-state index is 0.117. The van der Waals surface area contributed by atoms with Crippen LogP contribution in [-0.4, -0.2) is 29.6 Å². The van der Waals surface area contributed by atoms with Gasteiger partial charge in [-0.15, -0.1) is 0 Å². The van der Waals surface area contributed by atoms with Crippen LogP contribution in [0.25, 0.3) is 0 Å². The van der Waals surface area contributed by atoms with Crippen LogP contribution >= 0.6 is 11.6 Å². The molecule has 3 rings (SSSR count). The summed E-state index contributed by atoms with van der Waals surface area (Å²) in [4.78, 5) is 22.9. The van der Waals surface area contributed by atoms with E-state index in [0.717, 1.165) is 12.0 Å². The third kappa shape index (κ3) is 3.04. The highest BCUT2D eigenvalue weighted by molar-refractivity contribution is 6.30. The van der Waals surface area contributed by atoms with Crippen molar-refractivity contribution >= 4 is 23.5 Å². The highest BCUT2D eigenvalue weighted by Gasteiger charge is 2.49. The van der Waals surface area contributed by atoms with Crippen molar-refractivity contribution in [1.29, 1.82) is 0 Å². The molecule has 0 spiro atoms. The SMILES string of the molecule is O=C(N[C@@H]1CCO[C@H]1c1ccc(Cl)cc1)[C@H]1C[C@H]1C(=O)O. The summed E-state index contributed by atoms with van der Waals surface area (Å²) in [5.74, 6) is -2.00. The Morgan fingerprint density at radius 2 is 1.95 bits per heavy atom. The van der Waals surface area contributed by atoms with Crippen LogP contribution in [0.4, 0.5) is 0 Å². The van der Waals surface area contributed by atoms with Crippen LogP contribution < -0.4 is 5.32 Å². The number of carbonyl (C=O) groups excluding carboxylic acids is 1. The quantitative estimate of drug-likeness (QED) is 0.892. The van der Waals surface area contributed by atoms with E-state index in [2.05, 4.69) is 5.32 Å².